The number of amides is 3. The van der Waals surface area contributed by atoms with Crippen molar-refractivity contribution in [2.45, 2.75) is 19.0 Å². The number of hydrogen-bond acceptors (Lipinski definition) is 6. The summed E-state index contributed by atoms with van der Waals surface area (Å²) in [5.74, 6) is 4.39. The summed E-state index contributed by atoms with van der Waals surface area (Å²) in [6.45, 7) is 5.81. The number of likely N-dealkylation sites (N-methyl/N-ethyl adjacent to an activating group) is 1. The molecule has 2 heterocycles. The number of carbonyl (C=O) groups excluding carboxylic acids is 3. The van der Waals surface area contributed by atoms with Gasteiger partial charge in [0.25, 0.3) is 5.91 Å². The molecule has 0 saturated carbocycles. The molecule has 0 aromatic heterocycles. The molecule has 4 rings (SSSR count). The van der Waals surface area contributed by atoms with Crippen LogP contribution in [0.15, 0.2) is 48.5 Å². The first kappa shape index (κ1) is 25.2. The fourth-order valence-corrected chi connectivity index (χ4v) is 4.12. The van der Waals surface area contributed by atoms with Crippen molar-refractivity contribution in [2.24, 2.45) is 0 Å². The molecule has 3 N–H and O–H groups in total. The minimum absolute atomic E-state index is 0.158. The SMILES string of the molecule is C[C@@H](NC(=O)C(=O)N[C@H]1CNc2ccc(C#CCN3CCOCC3)cc2N(C)C1=O)c1ccccc1. The Hall–Kier alpha value is -3.87. The van der Waals surface area contributed by atoms with Crippen LogP contribution in [0, 0.1) is 11.8 Å². The third-order valence-electron chi connectivity index (χ3n) is 6.28. The molecule has 2 aliphatic rings. The lowest BCUT2D eigenvalue weighted by molar-refractivity contribution is -0.140. The number of morpholine rings is 1. The summed E-state index contributed by atoms with van der Waals surface area (Å²) >= 11 is 0. The molecule has 0 radical (unpaired) electrons. The molecule has 2 aliphatic heterocycles. The first-order valence-electron chi connectivity index (χ1n) is 12.0. The molecule has 2 atom stereocenters. The Balaban J connectivity index is 1.37. The van der Waals surface area contributed by atoms with E-state index in [4.69, 9.17) is 4.74 Å². The van der Waals surface area contributed by atoms with Gasteiger partial charge in [-0.3, -0.25) is 19.3 Å². The van der Waals surface area contributed by atoms with E-state index in [0.29, 0.717) is 12.2 Å². The van der Waals surface area contributed by atoms with E-state index < -0.39 is 17.9 Å². The highest BCUT2D eigenvalue weighted by atomic mass is 16.5. The summed E-state index contributed by atoms with van der Waals surface area (Å²) in [6.07, 6.45) is 0. The summed E-state index contributed by atoms with van der Waals surface area (Å²) < 4.78 is 5.36. The zero-order chi connectivity index (χ0) is 25.5. The lowest BCUT2D eigenvalue weighted by Gasteiger charge is -2.24. The monoisotopic (exact) mass is 489 g/mol. The Morgan fingerprint density at radius 3 is 2.64 bits per heavy atom. The van der Waals surface area contributed by atoms with Gasteiger partial charge < -0.3 is 25.6 Å². The Bertz CT molecular complexity index is 1170. The van der Waals surface area contributed by atoms with Gasteiger partial charge in [0.1, 0.15) is 6.04 Å². The van der Waals surface area contributed by atoms with Crippen LogP contribution in [-0.4, -0.2) is 75.1 Å². The second-order valence-electron chi connectivity index (χ2n) is 8.83. The van der Waals surface area contributed by atoms with Crippen molar-refractivity contribution >= 4 is 29.1 Å². The van der Waals surface area contributed by atoms with Crippen molar-refractivity contribution in [2.75, 3.05) is 56.7 Å². The maximum atomic E-state index is 13.1. The topological polar surface area (TPSA) is 103 Å². The Morgan fingerprint density at radius 1 is 1.14 bits per heavy atom. The van der Waals surface area contributed by atoms with Gasteiger partial charge in [0.2, 0.25) is 0 Å². The molecule has 9 heteroatoms. The number of fused-ring (bicyclic) bond motifs is 1. The highest BCUT2D eigenvalue weighted by Gasteiger charge is 2.31. The van der Waals surface area contributed by atoms with E-state index in [1.165, 1.54) is 4.90 Å². The summed E-state index contributed by atoms with van der Waals surface area (Å²) in [5.41, 5.74) is 3.09. The quantitative estimate of drug-likeness (QED) is 0.440. The zero-order valence-corrected chi connectivity index (χ0v) is 20.5. The highest BCUT2D eigenvalue weighted by molar-refractivity contribution is 6.35. The van der Waals surface area contributed by atoms with Gasteiger partial charge in [-0.2, -0.15) is 0 Å². The van der Waals surface area contributed by atoms with Gasteiger partial charge >= 0.3 is 11.8 Å². The van der Waals surface area contributed by atoms with Crippen molar-refractivity contribution in [3.8, 4) is 11.8 Å². The van der Waals surface area contributed by atoms with Crippen molar-refractivity contribution in [1.82, 2.24) is 15.5 Å². The maximum Gasteiger partial charge on any atom is 0.310 e. The van der Waals surface area contributed by atoms with Crippen LogP contribution < -0.4 is 20.9 Å². The lowest BCUT2D eigenvalue weighted by atomic mass is 10.1. The fraction of sp³-hybridized carbons (Fsp3) is 0.370. The van der Waals surface area contributed by atoms with Crippen molar-refractivity contribution in [3.05, 3.63) is 59.7 Å². The van der Waals surface area contributed by atoms with E-state index in [-0.39, 0.29) is 18.5 Å². The average molecular weight is 490 g/mol. The molecule has 0 unspecified atom stereocenters. The van der Waals surface area contributed by atoms with Crippen LogP contribution in [0.3, 0.4) is 0 Å². The molecule has 2 aromatic rings. The van der Waals surface area contributed by atoms with Gasteiger partial charge in [0.05, 0.1) is 37.2 Å². The molecule has 0 spiro atoms. The molecule has 2 aromatic carbocycles. The van der Waals surface area contributed by atoms with Gasteiger partial charge in [0.15, 0.2) is 0 Å². The molecule has 1 saturated heterocycles. The molecule has 9 nitrogen and oxygen atoms in total. The van der Waals surface area contributed by atoms with E-state index in [9.17, 15) is 14.4 Å². The van der Waals surface area contributed by atoms with Gasteiger partial charge in [-0.15, -0.1) is 0 Å². The summed E-state index contributed by atoms with van der Waals surface area (Å²) in [6, 6.07) is 13.7. The van der Waals surface area contributed by atoms with Gasteiger partial charge in [-0.25, -0.2) is 0 Å². The Labute approximate surface area is 211 Å². The molecule has 0 aliphatic carbocycles. The predicted octanol–water partition coefficient (Wildman–Crippen LogP) is 1.12. The molecule has 0 bridgehead atoms. The van der Waals surface area contributed by atoms with Crippen molar-refractivity contribution in [1.29, 1.82) is 0 Å². The van der Waals surface area contributed by atoms with E-state index >= 15 is 0 Å². The van der Waals surface area contributed by atoms with E-state index in [1.807, 2.05) is 48.5 Å². The standard InChI is InChI=1S/C27H31N5O4/c1-19(21-8-4-3-5-9-21)29-25(33)26(34)30-23-18-28-22-11-10-20(17-24(22)31(2)27(23)35)7-6-12-32-13-15-36-16-14-32/h3-5,8-11,17,19,23,28H,12-16,18H2,1-2H3,(H,29,33)(H,30,34)/t19-,23+/m1/s1. The van der Waals surface area contributed by atoms with Crippen LogP contribution in [0.2, 0.25) is 0 Å². The largest absolute Gasteiger partial charge is 0.381 e. The highest BCUT2D eigenvalue weighted by Crippen LogP contribution is 2.29. The van der Waals surface area contributed by atoms with Gasteiger partial charge in [0, 0.05) is 32.2 Å². The number of benzene rings is 2. The molecule has 1 fully saturated rings. The third-order valence-corrected chi connectivity index (χ3v) is 6.28. The number of ether oxygens (including phenoxy) is 1. The van der Waals surface area contributed by atoms with Crippen molar-refractivity contribution < 1.29 is 19.1 Å². The van der Waals surface area contributed by atoms with Crippen LogP contribution in [0.5, 0.6) is 0 Å². The second kappa shape index (κ2) is 11.7. The van der Waals surface area contributed by atoms with Crippen LogP contribution in [0.4, 0.5) is 11.4 Å². The smallest absolute Gasteiger partial charge is 0.310 e. The Kier molecular flexibility index (Phi) is 8.21. The first-order chi connectivity index (χ1) is 17.4. The number of anilines is 2. The summed E-state index contributed by atoms with van der Waals surface area (Å²) in [4.78, 5) is 41.9. The lowest BCUT2D eigenvalue weighted by Crippen LogP contribution is -2.53. The Morgan fingerprint density at radius 2 is 1.89 bits per heavy atom. The number of rotatable bonds is 4. The molecule has 36 heavy (non-hydrogen) atoms. The molecular formula is C27H31N5O4. The number of nitrogens with zero attached hydrogens (tertiary/aromatic N) is 2. The van der Waals surface area contributed by atoms with Crippen molar-refractivity contribution in [3.63, 3.8) is 0 Å². The molecular weight excluding hydrogens is 458 g/mol. The maximum absolute atomic E-state index is 13.1. The number of carbonyl (C=O) groups is 3. The first-order valence-corrected chi connectivity index (χ1v) is 12.0. The molecule has 3 amide bonds. The van der Waals surface area contributed by atoms with Crippen LogP contribution >= 0.6 is 0 Å². The van der Waals surface area contributed by atoms with Crippen LogP contribution in [0.25, 0.3) is 0 Å². The third kappa shape index (κ3) is 6.22. The van der Waals surface area contributed by atoms with E-state index in [1.54, 1.807) is 14.0 Å². The van der Waals surface area contributed by atoms with Gasteiger partial charge in [-0.05, 0) is 30.7 Å². The summed E-state index contributed by atoms with van der Waals surface area (Å²) in [7, 11) is 1.65. The van der Waals surface area contributed by atoms with E-state index in [0.717, 1.165) is 43.1 Å². The van der Waals surface area contributed by atoms with Gasteiger partial charge in [-0.1, -0.05) is 42.2 Å². The fourth-order valence-electron chi connectivity index (χ4n) is 4.12. The number of nitrogens with one attached hydrogen (secondary N) is 3. The predicted molar refractivity (Wildman–Crippen MR) is 137 cm³/mol. The number of hydrogen-bond donors (Lipinski definition) is 3. The zero-order valence-electron chi connectivity index (χ0n) is 20.5. The second-order valence-corrected chi connectivity index (χ2v) is 8.83. The molecule has 188 valence electrons. The van der Waals surface area contributed by atoms with Crippen LogP contribution in [-0.2, 0) is 19.1 Å². The minimum atomic E-state index is -0.900. The van der Waals surface area contributed by atoms with Crippen LogP contribution in [0.1, 0.15) is 24.1 Å². The minimum Gasteiger partial charge on any atom is -0.381 e. The van der Waals surface area contributed by atoms with E-state index in [2.05, 4.69) is 32.7 Å². The summed E-state index contributed by atoms with van der Waals surface area (Å²) in [5, 5.41) is 8.44. The average Bonchev–Trinajstić information content (AvgIpc) is 3.01. The normalized spacial score (nSPS) is 18.6.